The summed E-state index contributed by atoms with van der Waals surface area (Å²) in [7, 11) is 1.80. The van der Waals surface area contributed by atoms with E-state index in [1.165, 1.54) is 23.9 Å². The van der Waals surface area contributed by atoms with Crippen LogP contribution in [-0.2, 0) is 18.0 Å². The van der Waals surface area contributed by atoms with E-state index in [1.54, 1.807) is 11.6 Å². The Morgan fingerprint density at radius 3 is 2.37 bits per heavy atom. The van der Waals surface area contributed by atoms with Gasteiger partial charge in [0.1, 0.15) is 0 Å². The number of halogens is 3. The van der Waals surface area contributed by atoms with Crippen LogP contribution in [0.25, 0.3) is 11.4 Å². The lowest BCUT2D eigenvalue weighted by molar-refractivity contribution is -0.137. The number of carbonyl (C=O) groups is 1. The van der Waals surface area contributed by atoms with Crippen molar-refractivity contribution in [3.63, 3.8) is 0 Å². The van der Waals surface area contributed by atoms with Crippen LogP contribution < -0.4 is 5.32 Å². The Labute approximate surface area is 157 Å². The highest BCUT2D eigenvalue weighted by Gasteiger charge is 2.30. The van der Waals surface area contributed by atoms with Gasteiger partial charge >= 0.3 is 6.18 Å². The van der Waals surface area contributed by atoms with Crippen molar-refractivity contribution in [2.24, 2.45) is 7.05 Å². The second-order valence-electron chi connectivity index (χ2n) is 5.64. The number of thioether (sulfide) groups is 1. The Hall–Kier alpha value is -2.81. The Bertz CT molecular complexity index is 924. The Kier molecular flexibility index (Phi) is 5.50. The maximum absolute atomic E-state index is 12.5. The normalized spacial score (nSPS) is 11.4. The predicted octanol–water partition coefficient (Wildman–Crippen LogP) is 4.23. The summed E-state index contributed by atoms with van der Waals surface area (Å²) in [5.41, 5.74) is 0.451. The smallest absolute Gasteiger partial charge is 0.325 e. The van der Waals surface area contributed by atoms with Crippen LogP contribution >= 0.6 is 11.8 Å². The zero-order chi connectivity index (χ0) is 19.4. The number of nitrogens with one attached hydrogen (secondary N) is 1. The summed E-state index contributed by atoms with van der Waals surface area (Å²) in [4.78, 5) is 12.0. The molecule has 2 aromatic carbocycles. The van der Waals surface area contributed by atoms with Gasteiger partial charge in [0.25, 0.3) is 0 Å². The third-order valence-corrected chi connectivity index (χ3v) is 4.72. The van der Waals surface area contributed by atoms with Crippen LogP contribution in [-0.4, -0.2) is 26.4 Å². The Balaban J connectivity index is 1.59. The summed E-state index contributed by atoms with van der Waals surface area (Å²) in [5.74, 6) is 0.396. The fourth-order valence-electron chi connectivity index (χ4n) is 2.35. The van der Waals surface area contributed by atoms with Crippen molar-refractivity contribution in [1.29, 1.82) is 0 Å². The van der Waals surface area contributed by atoms with E-state index in [-0.39, 0.29) is 11.7 Å². The quantitative estimate of drug-likeness (QED) is 0.660. The molecule has 0 aliphatic rings. The number of aromatic nitrogens is 3. The maximum atomic E-state index is 12.5. The molecule has 0 saturated heterocycles. The lowest BCUT2D eigenvalue weighted by atomic mass is 10.2. The van der Waals surface area contributed by atoms with E-state index in [0.29, 0.717) is 16.7 Å². The molecule has 0 saturated carbocycles. The van der Waals surface area contributed by atoms with Crippen molar-refractivity contribution < 1.29 is 18.0 Å². The first-order valence-corrected chi connectivity index (χ1v) is 8.88. The van der Waals surface area contributed by atoms with Gasteiger partial charge in [0, 0.05) is 18.3 Å². The minimum Gasteiger partial charge on any atom is -0.325 e. The molecule has 0 unspecified atom stereocenters. The number of hydrogen-bond acceptors (Lipinski definition) is 4. The SMILES string of the molecule is Cn1c(SCC(=O)Nc2ccc(C(F)(F)F)cc2)nnc1-c1ccccc1. The molecule has 140 valence electrons. The minimum absolute atomic E-state index is 0.0573. The molecular formula is C18H15F3N4OS. The van der Waals surface area contributed by atoms with Crippen LogP contribution in [0.3, 0.4) is 0 Å². The number of carbonyl (C=O) groups excluding carboxylic acids is 1. The van der Waals surface area contributed by atoms with Crippen molar-refractivity contribution >= 4 is 23.4 Å². The molecule has 1 heterocycles. The molecule has 0 bridgehead atoms. The summed E-state index contributed by atoms with van der Waals surface area (Å²) in [6.07, 6.45) is -4.40. The molecule has 3 rings (SSSR count). The van der Waals surface area contributed by atoms with Crippen LogP contribution in [0.5, 0.6) is 0 Å². The van der Waals surface area contributed by atoms with Gasteiger partial charge in [0.15, 0.2) is 11.0 Å². The molecular weight excluding hydrogens is 377 g/mol. The van der Waals surface area contributed by atoms with Gasteiger partial charge in [-0.15, -0.1) is 10.2 Å². The van der Waals surface area contributed by atoms with Gasteiger partial charge in [-0.3, -0.25) is 4.79 Å². The molecule has 1 N–H and O–H groups in total. The van der Waals surface area contributed by atoms with Crippen LogP contribution in [0.4, 0.5) is 18.9 Å². The predicted molar refractivity (Wildman–Crippen MR) is 97.2 cm³/mol. The number of rotatable bonds is 5. The molecule has 1 aromatic heterocycles. The average molecular weight is 392 g/mol. The molecule has 0 aliphatic carbocycles. The number of nitrogens with zero attached hydrogens (tertiary/aromatic N) is 3. The van der Waals surface area contributed by atoms with E-state index < -0.39 is 11.7 Å². The molecule has 0 fully saturated rings. The molecule has 27 heavy (non-hydrogen) atoms. The van der Waals surface area contributed by atoms with Crippen molar-refractivity contribution in [3.05, 3.63) is 60.2 Å². The van der Waals surface area contributed by atoms with Gasteiger partial charge in [-0.2, -0.15) is 13.2 Å². The molecule has 9 heteroatoms. The van der Waals surface area contributed by atoms with E-state index in [4.69, 9.17) is 0 Å². The van der Waals surface area contributed by atoms with Crippen LogP contribution in [0.2, 0.25) is 0 Å². The lowest BCUT2D eigenvalue weighted by Crippen LogP contribution is -2.14. The first kappa shape index (κ1) is 19.0. The van der Waals surface area contributed by atoms with Gasteiger partial charge in [0.2, 0.25) is 5.91 Å². The van der Waals surface area contributed by atoms with E-state index in [2.05, 4.69) is 15.5 Å². The average Bonchev–Trinajstić information content (AvgIpc) is 3.01. The third kappa shape index (κ3) is 4.68. The number of amides is 1. The van der Waals surface area contributed by atoms with Gasteiger partial charge in [-0.05, 0) is 24.3 Å². The summed E-state index contributed by atoms with van der Waals surface area (Å²) in [6, 6.07) is 13.8. The van der Waals surface area contributed by atoms with E-state index in [9.17, 15) is 18.0 Å². The monoisotopic (exact) mass is 392 g/mol. The summed E-state index contributed by atoms with van der Waals surface area (Å²) in [6.45, 7) is 0. The highest BCUT2D eigenvalue weighted by atomic mass is 32.2. The Morgan fingerprint density at radius 1 is 1.07 bits per heavy atom. The van der Waals surface area contributed by atoms with Gasteiger partial charge in [0.05, 0.1) is 11.3 Å². The molecule has 0 aliphatic heterocycles. The molecule has 0 radical (unpaired) electrons. The summed E-state index contributed by atoms with van der Waals surface area (Å²) >= 11 is 1.19. The fraction of sp³-hybridized carbons (Fsp3) is 0.167. The van der Waals surface area contributed by atoms with Gasteiger partial charge < -0.3 is 9.88 Å². The van der Waals surface area contributed by atoms with Crippen LogP contribution in [0.15, 0.2) is 59.8 Å². The molecule has 0 spiro atoms. The Morgan fingerprint density at radius 2 is 1.74 bits per heavy atom. The third-order valence-electron chi connectivity index (χ3n) is 3.70. The van der Waals surface area contributed by atoms with Gasteiger partial charge in [-0.1, -0.05) is 42.1 Å². The van der Waals surface area contributed by atoms with Crippen LogP contribution in [0, 0.1) is 0 Å². The highest BCUT2D eigenvalue weighted by Crippen LogP contribution is 2.30. The topological polar surface area (TPSA) is 59.8 Å². The van der Waals surface area contributed by atoms with Gasteiger partial charge in [-0.25, -0.2) is 0 Å². The largest absolute Gasteiger partial charge is 0.416 e. The summed E-state index contributed by atoms with van der Waals surface area (Å²) in [5, 5.41) is 11.3. The van der Waals surface area contributed by atoms with E-state index in [0.717, 1.165) is 17.7 Å². The molecule has 0 atom stereocenters. The molecule has 5 nitrogen and oxygen atoms in total. The second-order valence-corrected chi connectivity index (χ2v) is 6.59. The fourth-order valence-corrected chi connectivity index (χ4v) is 3.06. The number of benzene rings is 2. The number of alkyl halides is 3. The van der Waals surface area contributed by atoms with E-state index in [1.807, 2.05) is 30.3 Å². The first-order chi connectivity index (χ1) is 12.8. The van der Waals surface area contributed by atoms with Crippen molar-refractivity contribution in [1.82, 2.24) is 14.8 Å². The lowest BCUT2D eigenvalue weighted by Gasteiger charge is -2.08. The van der Waals surface area contributed by atoms with Crippen LogP contribution in [0.1, 0.15) is 5.56 Å². The second kappa shape index (κ2) is 7.83. The van der Waals surface area contributed by atoms with E-state index >= 15 is 0 Å². The summed E-state index contributed by atoms with van der Waals surface area (Å²) < 4.78 is 39.4. The zero-order valence-electron chi connectivity index (χ0n) is 14.2. The van der Waals surface area contributed by atoms with Crippen molar-refractivity contribution in [2.75, 3.05) is 11.1 Å². The maximum Gasteiger partial charge on any atom is 0.416 e. The molecule has 1 amide bonds. The standard InChI is InChI=1S/C18H15F3N4OS/c1-25-16(12-5-3-2-4-6-12)23-24-17(25)27-11-15(26)22-14-9-7-13(8-10-14)18(19,20)21/h2-10H,11H2,1H3,(H,22,26). The highest BCUT2D eigenvalue weighted by molar-refractivity contribution is 7.99. The number of hydrogen-bond donors (Lipinski definition) is 1. The molecule has 3 aromatic rings. The van der Waals surface area contributed by atoms with Crippen molar-refractivity contribution in [2.45, 2.75) is 11.3 Å². The first-order valence-electron chi connectivity index (χ1n) is 7.89. The zero-order valence-corrected chi connectivity index (χ0v) is 15.0. The minimum atomic E-state index is -4.40. The van der Waals surface area contributed by atoms with Crippen molar-refractivity contribution in [3.8, 4) is 11.4 Å². The number of anilines is 1.